The minimum Gasteiger partial charge on any atom is -0.448 e. The van der Waals surface area contributed by atoms with Crippen molar-refractivity contribution in [1.29, 1.82) is 0 Å². The number of esters is 1. The van der Waals surface area contributed by atoms with Crippen LogP contribution in [0, 0.1) is 0 Å². The molecule has 0 bridgehead atoms. The first-order valence-electron chi connectivity index (χ1n) is 14.0. The number of fused-ring (bicyclic) bond motifs is 1. The Hall–Kier alpha value is -4.94. The number of pyridine rings is 1. The summed E-state index contributed by atoms with van der Waals surface area (Å²) in [6.45, 7) is 0. The number of ether oxygens (including phenoxy) is 1. The number of rotatable bonds is 10. The van der Waals surface area contributed by atoms with Gasteiger partial charge in [-0.05, 0) is 28.8 Å². The Labute approximate surface area is 264 Å². The molecule has 12 heteroatoms. The van der Waals surface area contributed by atoms with Crippen molar-refractivity contribution in [3.63, 3.8) is 0 Å². The summed E-state index contributed by atoms with van der Waals surface area (Å²) in [5.41, 5.74) is 1.79. The maximum atomic E-state index is 14.0. The average molecular weight is 642 g/mol. The van der Waals surface area contributed by atoms with Crippen LogP contribution in [0.5, 0.6) is 0 Å². The van der Waals surface area contributed by atoms with Gasteiger partial charge in [0.2, 0.25) is 5.91 Å². The molecular formula is C33H27N3O7S2. The van der Waals surface area contributed by atoms with Crippen LogP contribution in [0.2, 0.25) is 0 Å². The van der Waals surface area contributed by atoms with Gasteiger partial charge in [0.1, 0.15) is 16.3 Å². The van der Waals surface area contributed by atoms with Crippen LogP contribution in [0.15, 0.2) is 132 Å². The first kappa shape index (κ1) is 30.1. The molecule has 3 aromatic carbocycles. The summed E-state index contributed by atoms with van der Waals surface area (Å²) in [7, 11) is -4.41. The van der Waals surface area contributed by atoms with E-state index in [1.807, 2.05) is 66.7 Å². The van der Waals surface area contributed by atoms with Gasteiger partial charge in [0.05, 0.1) is 12.2 Å². The van der Waals surface area contributed by atoms with Crippen molar-refractivity contribution in [2.24, 2.45) is 0 Å². The topological polar surface area (TPSA) is 132 Å². The lowest BCUT2D eigenvalue weighted by Crippen LogP contribution is -2.70. The lowest BCUT2D eigenvalue weighted by molar-refractivity contribution is -0.155. The summed E-state index contributed by atoms with van der Waals surface area (Å²) < 4.78 is 37.9. The monoisotopic (exact) mass is 641 g/mol. The normalized spacial score (nSPS) is 17.7. The van der Waals surface area contributed by atoms with E-state index in [4.69, 9.17) is 8.92 Å². The van der Waals surface area contributed by atoms with Crippen LogP contribution in [0.4, 0.5) is 0 Å². The molecule has 1 aromatic heterocycles. The van der Waals surface area contributed by atoms with E-state index in [0.717, 1.165) is 16.7 Å². The van der Waals surface area contributed by atoms with E-state index in [1.54, 1.807) is 24.3 Å². The minimum absolute atomic E-state index is 0.0697. The third kappa shape index (κ3) is 6.47. The molecule has 0 radical (unpaired) electrons. The number of nitrogens with one attached hydrogen (secondary N) is 1. The molecule has 1 fully saturated rings. The summed E-state index contributed by atoms with van der Waals surface area (Å²) in [5.74, 6) is -2.23. The van der Waals surface area contributed by atoms with Crippen molar-refractivity contribution in [3.8, 4) is 0 Å². The van der Waals surface area contributed by atoms with E-state index in [2.05, 4.69) is 10.3 Å². The molecule has 10 nitrogen and oxygen atoms in total. The number of carbonyl (C=O) groups excluding carboxylic acids is 3. The number of thioether (sulfide) groups is 1. The van der Waals surface area contributed by atoms with Gasteiger partial charge in [0.25, 0.3) is 5.91 Å². The van der Waals surface area contributed by atoms with Crippen molar-refractivity contribution in [2.75, 3.05) is 5.75 Å². The van der Waals surface area contributed by atoms with Gasteiger partial charge in [0, 0.05) is 12.4 Å². The van der Waals surface area contributed by atoms with E-state index in [-0.39, 0.29) is 34.4 Å². The van der Waals surface area contributed by atoms with Gasteiger partial charge in [-0.1, -0.05) is 91.0 Å². The maximum Gasteiger partial charge on any atom is 0.359 e. The molecule has 0 aliphatic carbocycles. The fourth-order valence-electron chi connectivity index (χ4n) is 5.07. The van der Waals surface area contributed by atoms with Gasteiger partial charge in [-0.25, -0.2) is 4.79 Å². The Bertz CT molecular complexity index is 1800. The summed E-state index contributed by atoms with van der Waals surface area (Å²) in [5, 5.41) is 2.08. The van der Waals surface area contributed by atoms with E-state index in [0.29, 0.717) is 11.1 Å². The molecule has 0 saturated carbocycles. The molecule has 2 aliphatic heterocycles. The summed E-state index contributed by atoms with van der Waals surface area (Å²) >= 11 is 1.17. The first-order valence-corrected chi connectivity index (χ1v) is 16.4. The molecule has 2 amide bonds. The highest BCUT2D eigenvalue weighted by Crippen LogP contribution is 2.42. The van der Waals surface area contributed by atoms with Crippen molar-refractivity contribution in [2.45, 2.75) is 28.8 Å². The number of carbonyl (C=O) groups is 3. The van der Waals surface area contributed by atoms with E-state index in [1.165, 1.54) is 30.1 Å². The van der Waals surface area contributed by atoms with Crippen LogP contribution >= 0.6 is 11.8 Å². The Morgan fingerprint density at radius 3 is 2.13 bits per heavy atom. The van der Waals surface area contributed by atoms with E-state index < -0.39 is 39.5 Å². The van der Waals surface area contributed by atoms with E-state index in [9.17, 15) is 22.8 Å². The maximum absolute atomic E-state index is 14.0. The highest BCUT2D eigenvalue weighted by Gasteiger charge is 2.55. The number of hydrogen-bond acceptors (Lipinski definition) is 9. The Morgan fingerprint density at radius 1 is 0.911 bits per heavy atom. The molecule has 6 rings (SSSR count). The molecule has 0 spiro atoms. The lowest BCUT2D eigenvalue weighted by atomic mass is 10.0. The van der Waals surface area contributed by atoms with Crippen LogP contribution in [0.25, 0.3) is 0 Å². The van der Waals surface area contributed by atoms with Gasteiger partial charge in [-0.3, -0.25) is 19.5 Å². The molecule has 1 unspecified atom stereocenters. The molecule has 2 aliphatic rings. The molecule has 45 heavy (non-hydrogen) atoms. The zero-order chi connectivity index (χ0) is 31.4. The quantitative estimate of drug-likeness (QED) is 0.155. The second kappa shape index (κ2) is 13.0. The molecule has 2 atom stereocenters. The van der Waals surface area contributed by atoms with Crippen LogP contribution in [0.3, 0.4) is 0 Å². The number of β-lactam (4-membered cyclic amide) rings is 1. The largest absolute Gasteiger partial charge is 0.448 e. The van der Waals surface area contributed by atoms with Gasteiger partial charge < -0.3 is 14.2 Å². The second-order valence-electron chi connectivity index (χ2n) is 10.2. The van der Waals surface area contributed by atoms with Crippen LogP contribution in [0.1, 0.15) is 22.8 Å². The summed E-state index contributed by atoms with van der Waals surface area (Å²) in [6.07, 6.45) is 1.75. The highest BCUT2D eigenvalue weighted by molar-refractivity contribution is 8.00. The second-order valence-corrected chi connectivity index (χ2v) is 12.9. The number of amides is 2. The number of benzene rings is 3. The molecule has 4 aromatic rings. The smallest absolute Gasteiger partial charge is 0.359 e. The fraction of sp³-hybridized carbons (Fsp3) is 0.152. The van der Waals surface area contributed by atoms with Crippen LogP contribution in [-0.2, 0) is 39.8 Å². The number of nitrogens with zero attached hydrogens (tertiary/aromatic N) is 2. The molecule has 228 valence electrons. The third-order valence-corrected chi connectivity index (χ3v) is 9.71. The fourth-order valence-corrected chi connectivity index (χ4v) is 7.33. The van der Waals surface area contributed by atoms with Gasteiger partial charge in [0.15, 0.2) is 17.6 Å². The zero-order valence-electron chi connectivity index (χ0n) is 23.7. The summed E-state index contributed by atoms with van der Waals surface area (Å²) in [6, 6.07) is 29.0. The number of hydrogen-bond donors (Lipinski definition) is 1. The SMILES string of the molecule is O=C(Cc1ccccc1)NC1C(=O)N2C(C(=O)OC(c3ccccc3)c3ccccc3)=C(OS(=O)(=O)c3cccnc3)CS[C@H]12. The van der Waals surface area contributed by atoms with Gasteiger partial charge in [-0.15, -0.1) is 11.8 Å². The zero-order valence-corrected chi connectivity index (χ0v) is 25.3. The highest BCUT2D eigenvalue weighted by atomic mass is 32.2. The van der Waals surface area contributed by atoms with Crippen molar-refractivity contribution >= 4 is 39.7 Å². The molecule has 3 heterocycles. The van der Waals surface area contributed by atoms with Gasteiger partial charge in [-0.2, -0.15) is 8.42 Å². The van der Waals surface area contributed by atoms with Crippen LogP contribution in [-0.4, -0.2) is 53.3 Å². The predicted octanol–water partition coefficient (Wildman–Crippen LogP) is 3.97. The van der Waals surface area contributed by atoms with Crippen molar-refractivity contribution < 1.29 is 31.7 Å². The third-order valence-electron chi connectivity index (χ3n) is 7.21. The van der Waals surface area contributed by atoms with Gasteiger partial charge >= 0.3 is 16.1 Å². The molecule has 1 N–H and O–H groups in total. The van der Waals surface area contributed by atoms with E-state index >= 15 is 0 Å². The Morgan fingerprint density at radius 2 is 1.53 bits per heavy atom. The first-order chi connectivity index (χ1) is 21.8. The Balaban J connectivity index is 1.32. The average Bonchev–Trinajstić information content (AvgIpc) is 3.07. The van der Waals surface area contributed by atoms with Crippen molar-refractivity contribution in [1.82, 2.24) is 15.2 Å². The summed E-state index contributed by atoms with van der Waals surface area (Å²) in [4.78, 5) is 45.2. The lowest BCUT2D eigenvalue weighted by Gasteiger charge is -2.49. The Kier molecular flexibility index (Phi) is 8.67. The number of aromatic nitrogens is 1. The van der Waals surface area contributed by atoms with Crippen LogP contribution < -0.4 is 5.32 Å². The standard InChI is InChI=1S/C33H27N3O7S2/c37-27(19-22-11-4-1-5-12-22)35-28-31(38)36-29(26(21-44-32(28)36)43-45(40,41)25-17-10-18-34-20-25)33(39)42-30(23-13-6-2-7-14-23)24-15-8-3-9-16-24/h1-18,20,28,30,32H,19,21H2,(H,35,37)/t28?,32-/m1/s1. The molecular weight excluding hydrogens is 615 g/mol. The minimum atomic E-state index is -4.41. The predicted molar refractivity (Wildman–Crippen MR) is 166 cm³/mol. The van der Waals surface area contributed by atoms with Crippen molar-refractivity contribution in [3.05, 3.63) is 144 Å². The molecule has 1 saturated heterocycles.